The Hall–Kier alpha value is -5.76. The SMILES string of the molecule is COc1cc(C)cc2c1-c1cc(O)c3c(OC)cccc3c1O[C@H]2[C@@H]1Oc2c(cc(O)c3c(OC)cccc23)-c2c(OC)cc(C)cc21. The summed E-state index contributed by atoms with van der Waals surface area (Å²) in [6.45, 7) is 4.03. The largest absolute Gasteiger partial charge is 0.507 e. The van der Waals surface area contributed by atoms with Gasteiger partial charge in [-0.25, -0.2) is 0 Å². The lowest BCUT2D eigenvalue weighted by molar-refractivity contribution is 0.0508. The molecule has 8 nitrogen and oxygen atoms in total. The van der Waals surface area contributed by atoms with Gasteiger partial charge in [-0.2, -0.15) is 0 Å². The average molecular weight is 643 g/mol. The van der Waals surface area contributed by atoms with Crippen molar-refractivity contribution >= 4 is 21.5 Å². The molecule has 0 radical (unpaired) electrons. The maximum atomic E-state index is 11.3. The van der Waals surface area contributed by atoms with E-state index < -0.39 is 12.2 Å². The summed E-state index contributed by atoms with van der Waals surface area (Å²) in [7, 11) is 6.45. The van der Waals surface area contributed by atoms with E-state index in [0.717, 1.165) is 33.4 Å². The Morgan fingerprint density at radius 1 is 0.521 bits per heavy atom. The molecule has 6 aromatic rings. The molecule has 2 aliphatic rings. The van der Waals surface area contributed by atoms with Crippen LogP contribution in [0.2, 0.25) is 0 Å². The van der Waals surface area contributed by atoms with Gasteiger partial charge in [0.25, 0.3) is 0 Å². The summed E-state index contributed by atoms with van der Waals surface area (Å²) < 4.78 is 37.6. The Morgan fingerprint density at radius 2 is 0.917 bits per heavy atom. The zero-order chi connectivity index (χ0) is 33.4. The van der Waals surface area contributed by atoms with Gasteiger partial charge in [-0.05, 0) is 61.4 Å². The third kappa shape index (κ3) is 4.15. The Balaban J connectivity index is 1.45. The van der Waals surface area contributed by atoms with Crippen molar-refractivity contribution in [1.29, 1.82) is 0 Å². The van der Waals surface area contributed by atoms with Gasteiger partial charge in [0.2, 0.25) is 0 Å². The van der Waals surface area contributed by atoms with E-state index in [4.69, 9.17) is 28.4 Å². The number of hydrogen-bond acceptors (Lipinski definition) is 8. The highest BCUT2D eigenvalue weighted by Gasteiger charge is 2.43. The fourth-order valence-corrected chi connectivity index (χ4v) is 7.51. The minimum absolute atomic E-state index is 0.0746. The monoisotopic (exact) mass is 642 g/mol. The summed E-state index contributed by atoms with van der Waals surface area (Å²) in [5.74, 6) is 3.67. The maximum absolute atomic E-state index is 11.3. The zero-order valence-electron chi connectivity index (χ0n) is 27.4. The van der Waals surface area contributed by atoms with Crippen LogP contribution in [-0.2, 0) is 0 Å². The summed E-state index contributed by atoms with van der Waals surface area (Å²) in [5, 5.41) is 25.2. The van der Waals surface area contributed by atoms with Crippen molar-refractivity contribution in [3.05, 3.63) is 95.1 Å². The van der Waals surface area contributed by atoms with E-state index in [-0.39, 0.29) is 11.5 Å². The maximum Gasteiger partial charge on any atom is 0.165 e. The van der Waals surface area contributed by atoms with Crippen LogP contribution in [-0.4, -0.2) is 38.7 Å². The van der Waals surface area contributed by atoms with Gasteiger partial charge >= 0.3 is 0 Å². The van der Waals surface area contributed by atoms with Crippen molar-refractivity contribution in [3.8, 4) is 68.2 Å². The van der Waals surface area contributed by atoms with E-state index in [0.29, 0.717) is 67.2 Å². The number of benzene rings is 6. The van der Waals surface area contributed by atoms with E-state index in [1.807, 2.05) is 62.4 Å². The molecule has 2 aliphatic heterocycles. The average Bonchev–Trinajstić information content (AvgIpc) is 3.09. The van der Waals surface area contributed by atoms with Crippen LogP contribution >= 0.6 is 0 Å². The smallest absolute Gasteiger partial charge is 0.165 e. The van der Waals surface area contributed by atoms with Crippen LogP contribution in [0.5, 0.6) is 46.0 Å². The van der Waals surface area contributed by atoms with Gasteiger partial charge in [0.05, 0.1) is 39.2 Å². The van der Waals surface area contributed by atoms with Gasteiger partial charge in [-0.15, -0.1) is 0 Å². The second kappa shape index (κ2) is 10.9. The van der Waals surface area contributed by atoms with Gasteiger partial charge in [0, 0.05) is 44.2 Å². The first-order valence-electron chi connectivity index (χ1n) is 15.6. The van der Waals surface area contributed by atoms with Crippen LogP contribution in [0.25, 0.3) is 43.8 Å². The standard InChI is InChI=1S/C40H34O8/c1-19-13-23-33(31(15-19)45-5)25-17-27(41)35-21(9-7-11-29(35)43-3)37(25)47-39(23)40-24-14-20(2)16-32(46-6)34(24)26-18-28(42)36-22(38(26)48-40)10-8-12-30(36)44-4/h7-18,39-42H,1-6H3/t39-,40-/m1/s1. The predicted molar refractivity (Wildman–Crippen MR) is 185 cm³/mol. The summed E-state index contributed by atoms with van der Waals surface area (Å²) in [6, 6.07) is 22.8. The molecule has 0 unspecified atom stereocenters. The molecule has 242 valence electrons. The van der Waals surface area contributed by atoms with Gasteiger partial charge in [0.1, 0.15) is 46.0 Å². The Morgan fingerprint density at radius 3 is 1.29 bits per heavy atom. The highest BCUT2D eigenvalue weighted by Crippen LogP contribution is 2.60. The van der Waals surface area contributed by atoms with Crippen molar-refractivity contribution in [2.75, 3.05) is 28.4 Å². The molecule has 0 saturated heterocycles. The van der Waals surface area contributed by atoms with Gasteiger partial charge < -0.3 is 38.6 Å². The molecular weight excluding hydrogens is 608 g/mol. The molecule has 2 atom stereocenters. The van der Waals surface area contributed by atoms with Crippen LogP contribution in [0.1, 0.15) is 34.5 Å². The third-order valence-corrected chi connectivity index (χ3v) is 9.46. The van der Waals surface area contributed by atoms with Gasteiger partial charge in [-0.3, -0.25) is 0 Å². The number of hydrogen-bond donors (Lipinski definition) is 2. The van der Waals surface area contributed by atoms with Gasteiger partial charge in [-0.1, -0.05) is 36.4 Å². The highest BCUT2D eigenvalue weighted by molar-refractivity contribution is 6.05. The molecule has 48 heavy (non-hydrogen) atoms. The molecule has 8 rings (SSSR count). The summed E-state index contributed by atoms with van der Waals surface area (Å²) >= 11 is 0. The molecule has 0 amide bonds. The van der Waals surface area contributed by atoms with Crippen LogP contribution in [0.15, 0.2) is 72.8 Å². The Kier molecular flexibility index (Phi) is 6.73. The normalized spacial score (nSPS) is 15.8. The fourth-order valence-electron chi connectivity index (χ4n) is 7.51. The lowest BCUT2D eigenvalue weighted by atomic mass is 9.81. The molecule has 8 heteroatoms. The van der Waals surface area contributed by atoms with E-state index in [9.17, 15) is 10.2 Å². The summed E-state index contributed by atoms with van der Waals surface area (Å²) in [6.07, 6.45) is -1.35. The number of phenolic OH excluding ortho intramolecular Hbond substituents is 2. The molecule has 6 aromatic carbocycles. The van der Waals surface area contributed by atoms with Crippen molar-refractivity contribution in [1.82, 2.24) is 0 Å². The Bertz CT molecular complexity index is 2140. The summed E-state index contributed by atoms with van der Waals surface area (Å²) in [5.41, 5.74) is 6.68. The zero-order valence-corrected chi connectivity index (χ0v) is 27.4. The van der Waals surface area contributed by atoms with Crippen LogP contribution in [0.3, 0.4) is 0 Å². The molecule has 0 bridgehead atoms. The Labute approximate surface area is 277 Å². The molecule has 2 N–H and O–H groups in total. The second-order valence-electron chi connectivity index (χ2n) is 12.3. The van der Waals surface area contributed by atoms with E-state index in [1.165, 1.54) is 0 Å². The van der Waals surface area contributed by atoms with E-state index in [2.05, 4.69) is 12.1 Å². The molecule has 0 saturated carbocycles. The second-order valence-corrected chi connectivity index (χ2v) is 12.3. The highest BCUT2D eigenvalue weighted by atomic mass is 16.5. The quantitative estimate of drug-likeness (QED) is 0.192. The van der Waals surface area contributed by atoms with Crippen LogP contribution in [0, 0.1) is 13.8 Å². The number of phenols is 2. The molecule has 0 fully saturated rings. The predicted octanol–water partition coefficient (Wildman–Crippen LogP) is 8.96. The topological polar surface area (TPSA) is 95.8 Å². The lowest BCUT2D eigenvalue weighted by Crippen LogP contribution is -2.28. The minimum Gasteiger partial charge on any atom is -0.507 e. The van der Waals surface area contributed by atoms with Crippen LogP contribution < -0.4 is 28.4 Å². The molecule has 0 spiro atoms. The van der Waals surface area contributed by atoms with Crippen LogP contribution in [0.4, 0.5) is 0 Å². The number of methoxy groups -OCH3 is 4. The van der Waals surface area contributed by atoms with Crippen molar-refractivity contribution in [2.24, 2.45) is 0 Å². The summed E-state index contributed by atoms with van der Waals surface area (Å²) in [4.78, 5) is 0. The van der Waals surface area contributed by atoms with Crippen molar-refractivity contribution < 1.29 is 38.6 Å². The minimum atomic E-state index is -0.673. The third-order valence-electron chi connectivity index (χ3n) is 9.46. The lowest BCUT2D eigenvalue weighted by Gasteiger charge is -2.39. The van der Waals surface area contributed by atoms with Crippen molar-refractivity contribution in [3.63, 3.8) is 0 Å². The fraction of sp³-hybridized carbons (Fsp3) is 0.200. The number of fused-ring (bicyclic) bond motifs is 10. The first kappa shape index (κ1) is 29.6. The molecule has 0 aliphatic carbocycles. The number of rotatable bonds is 5. The molecule has 2 heterocycles. The molecule has 0 aromatic heterocycles. The van der Waals surface area contributed by atoms with Crippen molar-refractivity contribution in [2.45, 2.75) is 26.1 Å². The molecular formula is C40H34O8. The van der Waals surface area contributed by atoms with E-state index in [1.54, 1.807) is 40.6 Å². The first-order chi connectivity index (χ1) is 23.3. The van der Waals surface area contributed by atoms with Gasteiger partial charge in [0.15, 0.2) is 12.2 Å². The number of aromatic hydroxyl groups is 2. The number of ether oxygens (including phenoxy) is 6. The van der Waals surface area contributed by atoms with E-state index >= 15 is 0 Å². The number of aryl methyl sites for hydroxylation is 2. The first-order valence-corrected chi connectivity index (χ1v) is 15.6.